The zero-order chi connectivity index (χ0) is 20.3. The summed E-state index contributed by atoms with van der Waals surface area (Å²) >= 11 is 0. The molecular weight excluding hydrogens is 338 g/mol. The maximum Gasteiger partial charge on any atom is 0.245 e. The molecule has 3 N–H and O–H groups in total. The van der Waals surface area contributed by atoms with Gasteiger partial charge in [0.2, 0.25) is 23.6 Å². The summed E-state index contributed by atoms with van der Waals surface area (Å²) in [6.07, 6.45) is 3.61. The van der Waals surface area contributed by atoms with E-state index < -0.39 is 6.04 Å². The van der Waals surface area contributed by atoms with Crippen LogP contribution < -0.4 is 11.1 Å². The first-order valence-corrected chi connectivity index (χ1v) is 7.91. The Hall–Kier alpha value is -2.97. The van der Waals surface area contributed by atoms with E-state index in [1.54, 1.807) is 39.6 Å². The second-order valence-corrected chi connectivity index (χ2v) is 5.91. The molecule has 144 valence electrons. The fourth-order valence-corrected chi connectivity index (χ4v) is 1.89. The average Bonchev–Trinajstić information content (AvgIpc) is 2.53. The number of likely N-dealkylation sites (N-methyl/N-ethyl adjacent to an activating group) is 2. The van der Waals surface area contributed by atoms with Crippen molar-refractivity contribution in [2.75, 3.05) is 27.7 Å². The molecule has 0 saturated carbocycles. The number of hydrogen-bond acceptors (Lipinski definition) is 5. The number of rotatable bonds is 6. The Balaban J connectivity index is 0.00000141. The van der Waals surface area contributed by atoms with Gasteiger partial charge in [-0.3, -0.25) is 24.2 Å². The average molecular weight is 365 g/mol. The van der Waals surface area contributed by atoms with Crippen LogP contribution in [0.4, 0.5) is 0 Å². The molecule has 0 bridgehead atoms. The summed E-state index contributed by atoms with van der Waals surface area (Å²) in [4.78, 5) is 51.4. The number of pyridine rings is 1. The maximum absolute atomic E-state index is 12.5. The van der Waals surface area contributed by atoms with Crippen molar-refractivity contribution in [3.8, 4) is 0 Å². The molecule has 1 heterocycles. The topological polar surface area (TPSA) is 126 Å². The van der Waals surface area contributed by atoms with Crippen molar-refractivity contribution in [1.29, 1.82) is 0 Å². The highest BCUT2D eigenvalue weighted by atomic mass is 16.2. The number of primary amides is 1. The highest BCUT2D eigenvalue weighted by Crippen LogP contribution is 2.05. The Morgan fingerprint density at radius 1 is 1.19 bits per heavy atom. The summed E-state index contributed by atoms with van der Waals surface area (Å²) in [5, 5.41) is 2.63. The Morgan fingerprint density at radius 2 is 1.77 bits per heavy atom. The Bertz CT molecular complexity index is 615. The van der Waals surface area contributed by atoms with Crippen molar-refractivity contribution in [2.24, 2.45) is 5.73 Å². The summed E-state index contributed by atoms with van der Waals surface area (Å²) < 4.78 is 0. The third-order valence-corrected chi connectivity index (χ3v) is 3.09. The first kappa shape index (κ1) is 23.0. The van der Waals surface area contributed by atoms with Crippen molar-refractivity contribution < 1.29 is 19.2 Å². The predicted molar refractivity (Wildman–Crippen MR) is 96.7 cm³/mol. The van der Waals surface area contributed by atoms with E-state index in [0.717, 1.165) is 5.56 Å². The molecule has 0 aromatic carbocycles. The number of nitrogens with two attached hydrogens (primary N) is 1. The van der Waals surface area contributed by atoms with Gasteiger partial charge in [0.25, 0.3) is 0 Å². The second-order valence-electron chi connectivity index (χ2n) is 5.91. The minimum Gasteiger partial charge on any atom is -0.370 e. The van der Waals surface area contributed by atoms with Crippen LogP contribution in [0.5, 0.6) is 0 Å². The van der Waals surface area contributed by atoms with E-state index in [-0.39, 0.29) is 30.2 Å². The molecular formula is C17H27N5O4. The fraction of sp³-hybridized carbons (Fsp3) is 0.471. The Labute approximate surface area is 153 Å². The molecule has 9 heteroatoms. The van der Waals surface area contributed by atoms with Crippen LogP contribution in [0.15, 0.2) is 24.5 Å². The number of amides is 4. The molecule has 26 heavy (non-hydrogen) atoms. The standard InChI is InChI=1S/C15H22N4O3.C2H5NO/c1-11(20)17-13(8-12-6-5-7-16-9-12)15(22)19(4)10-14(21)18(2)3;1-2(3)4/h5-7,9,13H,8,10H2,1-4H3,(H,17,20);1H3,(H2,3,4). The van der Waals surface area contributed by atoms with Crippen molar-refractivity contribution in [3.05, 3.63) is 30.1 Å². The summed E-state index contributed by atoms with van der Waals surface area (Å²) in [5.41, 5.74) is 5.31. The van der Waals surface area contributed by atoms with Gasteiger partial charge in [-0.15, -0.1) is 0 Å². The molecule has 0 fully saturated rings. The monoisotopic (exact) mass is 365 g/mol. The number of aromatic nitrogens is 1. The molecule has 1 atom stereocenters. The quantitative estimate of drug-likeness (QED) is 0.680. The van der Waals surface area contributed by atoms with Crippen LogP contribution in [0, 0.1) is 0 Å². The minimum atomic E-state index is -0.721. The minimum absolute atomic E-state index is 0.0328. The van der Waals surface area contributed by atoms with Crippen molar-refractivity contribution in [1.82, 2.24) is 20.1 Å². The van der Waals surface area contributed by atoms with Crippen LogP contribution in [0.2, 0.25) is 0 Å². The highest BCUT2D eigenvalue weighted by Gasteiger charge is 2.25. The first-order valence-electron chi connectivity index (χ1n) is 7.91. The van der Waals surface area contributed by atoms with E-state index in [0.29, 0.717) is 6.42 Å². The molecule has 9 nitrogen and oxygen atoms in total. The molecule has 0 aliphatic heterocycles. The molecule has 0 aliphatic rings. The molecule has 0 saturated heterocycles. The van der Waals surface area contributed by atoms with Crippen molar-refractivity contribution in [2.45, 2.75) is 26.3 Å². The largest absolute Gasteiger partial charge is 0.370 e. The highest BCUT2D eigenvalue weighted by molar-refractivity contribution is 5.90. The third-order valence-electron chi connectivity index (χ3n) is 3.09. The maximum atomic E-state index is 12.5. The Kier molecular flexibility index (Phi) is 10.2. The number of nitrogens with one attached hydrogen (secondary N) is 1. The second kappa shape index (κ2) is 11.6. The number of carbonyl (C=O) groups excluding carboxylic acids is 4. The zero-order valence-electron chi connectivity index (χ0n) is 15.9. The normalized spacial score (nSPS) is 10.7. The predicted octanol–water partition coefficient (Wildman–Crippen LogP) is -0.833. The van der Waals surface area contributed by atoms with Gasteiger partial charge in [0.05, 0.1) is 6.54 Å². The summed E-state index contributed by atoms with van der Waals surface area (Å²) in [5.74, 6) is -1.12. The van der Waals surface area contributed by atoms with Crippen LogP contribution >= 0.6 is 0 Å². The van der Waals surface area contributed by atoms with Gasteiger partial charge in [0.15, 0.2) is 0 Å². The lowest BCUT2D eigenvalue weighted by molar-refractivity contribution is -0.140. The van der Waals surface area contributed by atoms with Crippen molar-refractivity contribution >= 4 is 23.6 Å². The van der Waals surface area contributed by atoms with Gasteiger partial charge >= 0.3 is 0 Å². The van der Waals surface area contributed by atoms with Crippen LogP contribution in [-0.2, 0) is 25.6 Å². The van der Waals surface area contributed by atoms with E-state index in [1.807, 2.05) is 6.07 Å². The van der Waals surface area contributed by atoms with Gasteiger partial charge < -0.3 is 20.9 Å². The molecule has 1 unspecified atom stereocenters. The third kappa shape index (κ3) is 10.0. The Morgan fingerprint density at radius 3 is 2.19 bits per heavy atom. The van der Waals surface area contributed by atoms with E-state index in [2.05, 4.69) is 16.0 Å². The lowest BCUT2D eigenvalue weighted by Crippen LogP contribution is -2.50. The van der Waals surface area contributed by atoms with E-state index in [1.165, 1.54) is 23.6 Å². The van der Waals surface area contributed by atoms with Crippen LogP contribution in [-0.4, -0.2) is 72.1 Å². The molecule has 4 amide bonds. The van der Waals surface area contributed by atoms with Gasteiger partial charge in [-0.2, -0.15) is 0 Å². The van der Waals surface area contributed by atoms with E-state index in [4.69, 9.17) is 0 Å². The molecule has 0 aliphatic carbocycles. The van der Waals surface area contributed by atoms with Gasteiger partial charge in [0, 0.05) is 53.8 Å². The van der Waals surface area contributed by atoms with Crippen LogP contribution in [0.25, 0.3) is 0 Å². The summed E-state index contributed by atoms with van der Waals surface area (Å²) in [7, 11) is 4.80. The number of carbonyl (C=O) groups is 4. The smallest absolute Gasteiger partial charge is 0.245 e. The van der Waals surface area contributed by atoms with E-state index >= 15 is 0 Å². The van der Waals surface area contributed by atoms with E-state index in [9.17, 15) is 19.2 Å². The number of nitrogens with zero attached hydrogens (tertiary/aromatic N) is 3. The summed E-state index contributed by atoms with van der Waals surface area (Å²) in [6.45, 7) is 2.63. The lowest BCUT2D eigenvalue weighted by atomic mass is 10.1. The zero-order valence-corrected chi connectivity index (χ0v) is 15.9. The fourth-order valence-electron chi connectivity index (χ4n) is 1.89. The van der Waals surface area contributed by atoms with Crippen LogP contribution in [0.1, 0.15) is 19.4 Å². The van der Waals surface area contributed by atoms with Gasteiger partial charge in [-0.1, -0.05) is 6.07 Å². The molecule has 0 spiro atoms. The SMILES string of the molecule is CC(=O)NC(Cc1cccnc1)C(=O)N(C)CC(=O)N(C)C.CC(N)=O. The van der Waals surface area contributed by atoms with Crippen LogP contribution in [0.3, 0.4) is 0 Å². The molecule has 1 rings (SSSR count). The molecule has 1 aromatic rings. The molecule has 1 aromatic heterocycles. The van der Waals surface area contributed by atoms with Crippen molar-refractivity contribution in [3.63, 3.8) is 0 Å². The first-order chi connectivity index (χ1) is 12.0. The molecule has 0 radical (unpaired) electrons. The number of hydrogen-bond donors (Lipinski definition) is 2. The van der Waals surface area contributed by atoms with Gasteiger partial charge in [-0.05, 0) is 11.6 Å². The summed E-state index contributed by atoms with van der Waals surface area (Å²) in [6, 6.07) is 2.88. The lowest BCUT2D eigenvalue weighted by Gasteiger charge is -2.25. The van der Waals surface area contributed by atoms with Gasteiger partial charge in [0.1, 0.15) is 6.04 Å². The van der Waals surface area contributed by atoms with Gasteiger partial charge in [-0.25, -0.2) is 0 Å².